The molecule has 0 spiro atoms. The third kappa shape index (κ3) is 1.72. The zero-order valence-electron chi connectivity index (χ0n) is 11.0. The van der Waals surface area contributed by atoms with Gasteiger partial charge in [-0.3, -0.25) is 4.79 Å². The maximum atomic E-state index is 12.6. The molecule has 0 unspecified atom stereocenters. The molecular formula is C15H12ClNO3. The first-order chi connectivity index (χ1) is 9.67. The minimum absolute atomic E-state index is 0.110. The SMILES string of the molecule is COc1c(Cl)cc(OC)c2c(=O)c3ccccc3[nH]c12. The number of ether oxygens (including phenoxy) is 2. The van der Waals surface area contributed by atoms with Gasteiger partial charge in [0.05, 0.1) is 30.1 Å². The fourth-order valence-electron chi connectivity index (χ4n) is 2.37. The van der Waals surface area contributed by atoms with Crippen molar-refractivity contribution in [3.05, 3.63) is 45.6 Å². The summed E-state index contributed by atoms with van der Waals surface area (Å²) < 4.78 is 10.6. The zero-order valence-corrected chi connectivity index (χ0v) is 11.7. The van der Waals surface area contributed by atoms with Crippen molar-refractivity contribution in [2.24, 2.45) is 0 Å². The molecule has 1 aromatic heterocycles. The summed E-state index contributed by atoms with van der Waals surface area (Å²) in [5.74, 6) is 0.864. The summed E-state index contributed by atoms with van der Waals surface area (Å²) in [4.78, 5) is 15.8. The second kappa shape index (κ2) is 4.72. The predicted octanol–water partition coefficient (Wildman–Crippen LogP) is 3.35. The van der Waals surface area contributed by atoms with Crippen LogP contribution in [0.3, 0.4) is 0 Å². The highest BCUT2D eigenvalue weighted by Crippen LogP contribution is 2.37. The van der Waals surface area contributed by atoms with Crippen LogP contribution in [0.2, 0.25) is 5.02 Å². The van der Waals surface area contributed by atoms with E-state index in [0.717, 1.165) is 5.52 Å². The van der Waals surface area contributed by atoms with Gasteiger partial charge in [-0.2, -0.15) is 0 Å². The van der Waals surface area contributed by atoms with Crippen LogP contribution in [-0.2, 0) is 0 Å². The Balaban J connectivity index is 2.63. The van der Waals surface area contributed by atoms with E-state index in [4.69, 9.17) is 21.1 Å². The van der Waals surface area contributed by atoms with Crippen LogP contribution in [0.25, 0.3) is 21.8 Å². The molecular weight excluding hydrogens is 278 g/mol. The van der Waals surface area contributed by atoms with Crippen molar-refractivity contribution < 1.29 is 9.47 Å². The smallest absolute Gasteiger partial charge is 0.201 e. The average Bonchev–Trinajstić information content (AvgIpc) is 2.46. The molecule has 1 heterocycles. The lowest BCUT2D eigenvalue weighted by molar-refractivity contribution is 0.410. The van der Waals surface area contributed by atoms with E-state index >= 15 is 0 Å². The Bertz CT molecular complexity index is 870. The molecule has 20 heavy (non-hydrogen) atoms. The van der Waals surface area contributed by atoms with Crippen LogP contribution >= 0.6 is 11.6 Å². The van der Waals surface area contributed by atoms with E-state index < -0.39 is 0 Å². The van der Waals surface area contributed by atoms with Gasteiger partial charge in [0.2, 0.25) is 5.43 Å². The highest BCUT2D eigenvalue weighted by molar-refractivity contribution is 6.33. The largest absolute Gasteiger partial charge is 0.496 e. The molecule has 1 N–H and O–H groups in total. The topological polar surface area (TPSA) is 51.3 Å². The van der Waals surface area contributed by atoms with Crippen molar-refractivity contribution in [2.45, 2.75) is 0 Å². The Kier molecular flexibility index (Phi) is 3.03. The third-order valence-corrected chi connectivity index (χ3v) is 3.56. The normalized spacial score (nSPS) is 10.9. The van der Waals surface area contributed by atoms with E-state index in [2.05, 4.69) is 4.98 Å². The number of benzene rings is 2. The number of halogens is 1. The Morgan fingerprint density at radius 3 is 2.60 bits per heavy atom. The second-order valence-electron chi connectivity index (χ2n) is 4.34. The minimum atomic E-state index is -0.110. The third-order valence-electron chi connectivity index (χ3n) is 3.28. The molecule has 102 valence electrons. The van der Waals surface area contributed by atoms with Gasteiger partial charge in [0, 0.05) is 17.0 Å². The number of hydrogen-bond donors (Lipinski definition) is 1. The van der Waals surface area contributed by atoms with Crippen molar-refractivity contribution in [3.8, 4) is 11.5 Å². The molecule has 0 aliphatic carbocycles. The van der Waals surface area contributed by atoms with Crippen molar-refractivity contribution in [2.75, 3.05) is 14.2 Å². The average molecular weight is 290 g/mol. The lowest BCUT2D eigenvalue weighted by Gasteiger charge is -2.12. The first-order valence-corrected chi connectivity index (χ1v) is 6.40. The van der Waals surface area contributed by atoms with E-state index in [1.54, 1.807) is 12.1 Å². The number of hydrogen-bond acceptors (Lipinski definition) is 3. The fraction of sp³-hybridized carbons (Fsp3) is 0.133. The molecule has 0 aliphatic rings. The van der Waals surface area contributed by atoms with E-state index in [9.17, 15) is 4.79 Å². The number of rotatable bonds is 2. The summed E-state index contributed by atoms with van der Waals surface area (Å²) in [7, 11) is 3.02. The molecule has 0 radical (unpaired) electrons. The number of fused-ring (bicyclic) bond motifs is 2. The molecule has 0 saturated carbocycles. The van der Waals surface area contributed by atoms with Crippen LogP contribution < -0.4 is 14.9 Å². The molecule has 3 rings (SSSR count). The number of nitrogens with one attached hydrogen (secondary N) is 1. The summed E-state index contributed by atoms with van der Waals surface area (Å²) in [6, 6.07) is 8.88. The van der Waals surface area contributed by atoms with Crippen LogP contribution in [0.5, 0.6) is 11.5 Å². The van der Waals surface area contributed by atoms with Crippen LogP contribution in [-0.4, -0.2) is 19.2 Å². The van der Waals surface area contributed by atoms with Gasteiger partial charge in [0.1, 0.15) is 5.75 Å². The van der Waals surface area contributed by atoms with Gasteiger partial charge in [-0.15, -0.1) is 0 Å². The maximum Gasteiger partial charge on any atom is 0.201 e. The van der Waals surface area contributed by atoms with E-state index in [0.29, 0.717) is 32.8 Å². The Morgan fingerprint density at radius 2 is 1.90 bits per heavy atom. The highest BCUT2D eigenvalue weighted by atomic mass is 35.5. The highest BCUT2D eigenvalue weighted by Gasteiger charge is 2.17. The monoisotopic (exact) mass is 289 g/mol. The van der Waals surface area contributed by atoms with Gasteiger partial charge in [0.25, 0.3) is 0 Å². The quantitative estimate of drug-likeness (QED) is 0.736. The van der Waals surface area contributed by atoms with Crippen molar-refractivity contribution in [1.82, 2.24) is 4.98 Å². The van der Waals surface area contributed by atoms with Gasteiger partial charge in [0.15, 0.2) is 5.75 Å². The Labute approximate surface area is 119 Å². The molecule has 5 heteroatoms. The molecule has 0 bridgehead atoms. The summed E-state index contributed by atoms with van der Waals surface area (Å²) in [5, 5.41) is 1.43. The molecule has 0 fully saturated rings. The summed E-state index contributed by atoms with van der Waals surface area (Å²) >= 11 is 6.16. The van der Waals surface area contributed by atoms with Crippen LogP contribution in [0, 0.1) is 0 Å². The van der Waals surface area contributed by atoms with Gasteiger partial charge in [-0.05, 0) is 12.1 Å². The fourth-order valence-corrected chi connectivity index (χ4v) is 2.64. The molecule has 0 amide bonds. The van der Waals surface area contributed by atoms with Crippen LogP contribution in [0.15, 0.2) is 35.1 Å². The lowest BCUT2D eigenvalue weighted by Crippen LogP contribution is -2.07. The van der Waals surface area contributed by atoms with Crippen LogP contribution in [0.4, 0.5) is 0 Å². The molecule has 3 aromatic rings. The van der Waals surface area contributed by atoms with E-state index in [-0.39, 0.29) is 5.43 Å². The van der Waals surface area contributed by atoms with Crippen molar-refractivity contribution in [1.29, 1.82) is 0 Å². The van der Waals surface area contributed by atoms with E-state index in [1.807, 2.05) is 18.2 Å². The number of para-hydroxylation sites is 1. The number of pyridine rings is 1. The molecule has 0 saturated heterocycles. The maximum absolute atomic E-state index is 12.6. The Hall–Kier alpha value is -2.20. The summed E-state index contributed by atoms with van der Waals surface area (Å²) in [5.41, 5.74) is 1.16. The standard InChI is InChI=1S/C15H12ClNO3/c1-19-11-7-9(16)15(20-2)13-12(11)14(18)8-5-3-4-6-10(8)17-13/h3-7H,1-2H3,(H,17,18). The minimum Gasteiger partial charge on any atom is -0.496 e. The summed E-state index contributed by atoms with van der Waals surface area (Å²) in [6.45, 7) is 0. The Morgan fingerprint density at radius 1 is 1.15 bits per heavy atom. The molecule has 2 aromatic carbocycles. The second-order valence-corrected chi connectivity index (χ2v) is 4.75. The number of aromatic nitrogens is 1. The molecule has 0 atom stereocenters. The first kappa shape index (κ1) is 12.8. The summed E-state index contributed by atoms with van der Waals surface area (Å²) in [6.07, 6.45) is 0. The van der Waals surface area contributed by atoms with Crippen LogP contribution in [0.1, 0.15) is 0 Å². The van der Waals surface area contributed by atoms with Gasteiger partial charge < -0.3 is 14.5 Å². The van der Waals surface area contributed by atoms with Crippen molar-refractivity contribution >= 4 is 33.4 Å². The number of H-pyrrole nitrogens is 1. The zero-order chi connectivity index (χ0) is 14.3. The molecule has 0 aliphatic heterocycles. The number of methoxy groups -OCH3 is 2. The van der Waals surface area contributed by atoms with Gasteiger partial charge >= 0.3 is 0 Å². The van der Waals surface area contributed by atoms with Gasteiger partial charge in [-0.25, -0.2) is 0 Å². The lowest BCUT2D eigenvalue weighted by atomic mass is 10.1. The van der Waals surface area contributed by atoms with Gasteiger partial charge in [-0.1, -0.05) is 23.7 Å². The van der Waals surface area contributed by atoms with E-state index in [1.165, 1.54) is 14.2 Å². The molecule has 4 nitrogen and oxygen atoms in total. The number of aromatic amines is 1. The predicted molar refractivity (Wildman–Crippen MR) is 80.2 cm³/mol. The first-order valence-electron chi connectivity index (χ1n) is 6.02. The van der Waals surface area contributed by atoms with Crippen molar-refractivity contribution in [3.63, 3.8) is 0 Å².